The molecule has 200 valence electrons. The number of nitrogens with zero attached hydrogens (tertiary/aromatic N) is 1. The molecule has 2 N–H and O–H groups in total. The summed E-state index contributed by atoms with van der Waals surface area (Å²) in [7, 11) is 0. The second kappa shape index (κ2) is 13.0. The second-order valence-corrected chi connectivity index (χ2v) is 9.20. The first-order valence-electron chi connectivity index (χ1n) is 12.0. The van der Waals surface area contributed by atoms with Crippen molar-refractivity contribution in [3.63, 3.8) is 0 Å². The van der Waals surface area contributed by atoms with Gasteiger partial charge in [-0.25, -0.2) is 8.78 Å². The fraction of sp³-hybridized carbons (Fsp3) is 0.625. The van der Waals surface area contributed by atoms with Crippen LogP contribution in [0.2, 0.25) is 0 Å². The van der Waals surface area contributed by atoms with Gasteiger partial charge in [-0.2, -0.15) is 8.78 Å². The van der Waals surface area contributed by atoms with Gasteiger partial charge in [0, 0.05) is 31.0 Å². The van der Waals surface area contributed by atoms with E-state index in [9.17, 15) is 31.9 Å². The SMILES string of the molecule is O=C(O)C[C@H](NCOC[C@@H]1CCCN(C(=O)C2CCCC2)C1)C(=O)COc1c(F)c(F)cc(F)c1F. The van der Waals surface area contributed by atoms with Crippen LogP contribution in [0.4, 0.5) is 17.6 Å². The van der Waals surface area contributed by atoms with Crippen molar-refractivity contribution in [2.45, 2.75) is 51.0 Å². The van der Waals surface area contributed by atoms with Crippen LogP contribution < -0.4 is 10.1 Å². The highest BCUT2D eigenvalue weighted by Gasteiger charge is 2.31. The summed E-state index contributed by atoms with van der Waals surface area (Å²) in [5.74, 6) is -10.3. The Balaban J connectivity index is 1.47. The number of carboxylic acid groups (broad SMARTS) is 1. The van der Waals surface area contributed by atoms with Crippen LogP contribution in [0.15, 0.2) is 6.07 Å². The van der Waals surface area contributed by atoms with Crippen molar-refractivity contribution in [3.05, 3.63) is 29.3 Å². The fourth-order valence-electron chi connectivity index (χ4n) is 4.61. The molecule has 2 atom stereocenters. The van der Waals surface area contributed by atoms with Crippen molar-refractivity contribution in [1.29, 1.82) is 0 Å². The van der Waals surface area contributed by atoms with Gasteiger partial charge in [0.1, 0.15) is 6.61 Å². The Labute approximate surface area is 205 Å². The average molecular weight is 519 g/mol. The van der Waals surface area contributed by atoms with E-state index in [1.807, 2.05) is 4.90 Å². The fourth-order valence-corrected chi connectivity index (χ4v) is 4.61. The van der Waals surface area contributed by atoms with Gasteiger partial charge < -0.3 is 19.5 Å². The number of Topliss-reactive ketones (excluding diaryl/α,β-unsaturated/α-hetero) is 1. The maximum Gasteiger partial charge on any atom is 0.305 e. The predicted octanol–water partition coefficient (Wildman–Crippen LogP) is 3.03. The number of nitrogens with one attached hydrogen (secondary N) is 1. The van der Waals surface area contributed by atoms with Gasteiger partial charge in [-0.3, -0.25) is 19.7 Å². The number of carbonyl (C=O) groups is 3. The molecule has 1 aromatic rings. The topological polar surface area (TPSA) is 105 Å². The number of piperidine rings is 1. The molecule has 0 radical (unpaired) electrons. The van der Waals surface area contributed by atoms with E-state index >= 15 is 0 Å². The highest BCUT2D eigenvalue weighted by molar-refractivity contribution is 5.89. The van der Waals surface area contributed by atoms with Gasteiger partial charge >= 0.3 is 5.97 Å². The third-order valence-electron chi connectivity index (χ3n) is 6.52. The van der Waals surface area contributed by atoms with Gasteiger partial charge in [0.05, 0.1) is 25.8 Å². The zero-order valence-electron chi connectivity index (χ0n) is 19.7. The van der Waals surface area contributed by atoms with Gasteiger partial charge in [-0.05, 0) is 25.7 Å². The Bertz CT molecular complexity index is 931. The lowest BCUT2D eigenvalue weighted by Crippen LogP contribution is -2.45. The van der Waals surface area contributed by atoms with Crippen molar-refractivity contribution in [1.82, 2.24) is 10.2 Å². The molecule has 1 saturated heterocycles. The maximum absolute atomic E-state index is 13.7. The van der Waals surface area contributed by atoms with Crippen LogP contribution in [0.5, 0.6) is 5.75 Å². The summed E-state index contributed by atoms with van der Waals surface area (Å²) in [6, 6.07) is -1.33. The zero-order chi connectivity index (χ0) is 26.2. The van der Waals surface area contributed by atoms with Crippen LogP contribution in [0.1, 0.15) is 44.9 Å². The predicted molar refractivity (Wildman–Crippen MR) is 118 cm³/mol. The van der Waals surface area contributed by atoms with Crippen molar-refractivity contribution < 1.29 is 46.5 Å². The van der Waals surface area contributed by atoms with E-state index in [1.54, 1.807) is 0 Å². The number of rotatable bonds is 12. The first kappa shape index (κ1) is 27.9. The Morgan fingerprint density at radius 1 is 1.06 bits per heavy atom. The van der Waals surface area contributed by atoms with Gasteiger partial charge in [0.25, 0.3) is 0 Å². The summed E-state index contributed by atoms with van der Waals surface area (Å²) in [5.41, 5.74) is 0. The number of halogens is 4. The number of ether oxygens (including phenoxy) is 2. The number of hydrogen-bond donors (Lipinski definition) is 2. The molecule has 1 saturated carbocycles. The summed E-state index contributed by atoms with van der Waals surface area (Å²) in [4.78, 5) is 38.1. The lowest BCUT2D eigenvalue weighted by Gasteiger charge is -2.34. The lowest BCUT2D eigenvalue weighted by molar-refractivity contribution is -0.140. The van der Waals surface area contributed by atoms with Crippen LogP contribution in [-0.4, -0.2) is 66.7 Å². The minimum absolute atomic E-state index is 0.00164. The van der Waals surface area contributed by atoms with Crippen LogP contribution in [0.25, 0.3) is 0 Å². The Kier molecular flexibility index (Phi) is 10.1. The summed E-state index contributed by atoms with van der Waals surface area (Å²) in [6.45, 7) is 0.346. The van der Waals surface area contributed by atoms with Crippen LogP contribution in [0, 0.1) is 35.1 Å². The van der Waals surface area contributed by atoms with Crippen LogP contribution >= 0.6 is 0 Å². The highest BCUT2D eigenvalue weighted by atomic mass is 19.2. The Morgan fingerprint density at radius 2 is 1.72 bits per heavy atom. The van der Waals surface area contributed by atoms with E-state index in [0.29, 0.717) is 6.54 Å². The lowest BCUT2D eigenvalue weighted by atomic mass is 9.97. The molecule has 3 rings (SSSR count). The van der Waals surface area contributed by atoms with Crippen LogP contribution in [0.3, 0.4) is 0 Å². The number of aliphatic carboxylic acids is 1. The number of hydrogen-bond acceptors (Lipinski definition) is 6. The molecule has 36 heavy (non-hydrogen) atoms. The van der Waals surface area contributed by atoms with E-state index in [4.69, 9.17) is 9.84 Å². The molecule has 1 amide bonds. The van der Waals surface area contributed by atoms with E-state index in [2.05, 4.69) is 10.1 Å². The summed E-state index contributed by atoms with van der Waals surface area (Å²) >= 11 is 0. The third kappa shape index (κ3) is 7.39. The maximum atomic E-state index is 13.7. The van der Waals surface area contributed by atoms with Gasteiger partial charge in [-0.1, -0.05) is 12.8 Å². The molecule has 12 heteroatoms. The van der Waals surface area contributed by atoms with Crippen molar-refractivity contribution in [2.75, 3.05) is 33.0 Å². The Morgan fingerprint density at radius 3 is 2.36 bits per heavy atom. The number of benzene rings is 1. The normalized spacial score (nSPS) is 19.3. The third-order valence-corrected chi connectivity index (χ3v) is 6.52. The molecule has 0 spiro atoms. The largest absolute Gasteiger partial charge is 0.481 e. The first-order valence-corrected chi connectivity index (χ1v) is 12.0. The molecule has 2 aliphatic rings. The summed E-state index contributed by atoms with van der Waals surface area (Å²) in [5, 5.41) is 11.7. The molecule has 1 aliphatic heterocycles. The van der Waals surface area contributed by atoms with E-state index in [-0.39, 0.29) is 37.1 Å². The average Bonchev–Trinajstić information content (AvgIpc) is 3.39. The molecular formula is C24H30F4N2O6. The van der Waals surface area contributed by atoms with Gasteiger partial charge in [0.15, 0.2) is 23.2 Å². The quantitative estimate of drug-likeness (QED) is 0.190. The van der Waals surface area contributed by atoms with Crippen molar-refractivity contribution in [2.24, 2.45) is 11.8 Å². The number of amides is 1. The zero-order valence-corrected chi connectivity index (χ0v) is 19.7. The molecule has 2 fully saturated rings. The number of carboxylic acids is 1. The minimum atomic E-state index is -1.80. The molecule has 1 aliphatic carbocycles. The molecule has 0 aromatic heterocycles. The molecule has 8 nitrogen and oxygen atoms in total. The Hall–Kier alpha value is -2.73. The van der Waals surface area contributed by atoms with E-state index in [0.717, 1.165) is 45.1 Å². The summed E-state index contributed by atoms with van der Waals surface area (Å²) < 4.78 is 64.3. The number of carbonyl (C=O) groups excluding carboxylic acids is 2. The monoisotopic (exact) mass is 518 g/mol. The van der Waals surface area contributed by atoms with E-state index < -0.39 is 59.8 Å². The molecular weight excluding hydrogens is 488 g/mol. The highest BCUT2D eigenvalue weighted by Crippen LogP contribution is 2.29. The summed E-state index contributed by atoms with van der Waals surface area (Å²) in [6.07, 6.45) is 5.04. The second-order valence-electron chi connectivity index (χ2n) is 9.20. The first-order chi connectivity index (χ1) is 17.2. The van der Waals surface area contributed by atoms with Crippen molar-refractivity contribution >= 4 is 17.7 Å². The van der Waals surface area contributed by atoms with Gasteiger partial charge in [0.2, 0.25) is 17.5 Å². The standard InChI is InChI=1S/C24H30F4N2O6/c25-16-8-17(26)22(28)23(21(16)27)36-12-19(31)18(9-20(32)33)29-13-35-11-14-4-3-7-30(10-14)24(34)15-5-1-2-6-15/h8,14-15,18,29H,1-7,9-13H2,(H,32,33)/t14-,18+/m1/s1. The van der Waals surface area contributed by atoms with Crippen LogP contribution in [-0.2, 0) is 19.1 Å². The molecule has 1 aromatic carbocycles. The number of likely N-dealkylation sites (tertiary alicyclic amines) is 1. The van der Waals surface area contributed by atoms with Gasteiger partial charge in [-0.15, -0.1) is 0 Å². The number of ketones is 1. The molecule has 0 bridgehead atoms. The smallest absolute Gasteiger partial charge is 0.305 e. The van der Waals surface area contributed by atoms with Crippen molar-refractivity contribution in [3.8, 4) is 5.75 Å². The van der Waals surface area contributed by atoms with E-state index in [1.165, 1.54) is 0 Å². The molecule has 0 unspecified atom stereocenters. The molecule has 1 heterocycles. The minimum Gasteiger partial charge on any atom is -0.481 e.